The molecule has 0 aromatic heterocycles. The van der Waals surface area contributed by atoms with Gasteiger partial charge in [-0.3, -0.25) is 14.4 Å². The van der Waals surface area contributed by atoms with Gasteiger partial charge in [-0.25, -0.2) is 0 Å². The molecular weight excluding hydrogens is 416 g/mol. The summed E-state index contributed by atoms with van der Waals surface area (Å²) in [5.74, 6) is -0.806. The van der Waals surface area contributed by atoms with Crippen molar-refractivity contribution in [3.05, 3.63) is 0 Å². The van der Waals surface area contributed by atoms with Gasteiger partial charge in [0.25, 0.3) is 0 Å². The first-order chi connectivity index (χ1) is 15.2. The van der Waals surface area contributed by atoms with Gasteiger partial charge in [0.15, 0.2) is 0 Å². The Kier molecular flexibility index (Phi) is 17.9. The molecule has 0 fully saturated rings. The quantitative estimate of drug-likeness (QED) is 0.170. The second kappa shape index (κ2) is 18.9. The standard InChI is InChI=1S/C24H44O8/c1-18(2)11-9-7-5-6-8-10-12-21(30-19(3)27)13-14-22(31-20(4)28)15-24(29)32-23(16-25)17-26/h18,21-23,25-26H,5-17H2,1-4H3/t21-,22+/m0/s1. The molecule has 2 N–H and O–H groups in total. The third kappa shape index (κ3) is 18.0. The Bertz CT molecular complexity index is 516. The van der Waals surface area contributed by atoms with Crippen molar-refractivity contribution in [1.82, 2.24) is 0 Å². The van der Waals surface area contributed by atoms with Crippen LogP contribution in [0.2, 0.25) is 0 Å². The van der Waals surface area contributed by atoms with E-state index in [1.54, 1.807) is 0 Å². The number of rotatable bonds is 19. The third-order valence-corrected chi connectivity index (χ3v) is 5.13. The van der Waals surface area contributed by atoms with Crippen molar-refractivity contribution < 1.29 is 38.8 Å². The molecule has 0 bridgehead atoms. The fraction of sp³-hybridized carbons (Fsp3) is 0.875. The number of esters is 3. The van der Waals surface area contributed by atoms with Crippen molar-refractivity contribution in [2.24, 2.45) is 5.92 Å². The second-order valence-electron chi connectivity index (χ2n) is 8.81. The predicted octanol–water partition coefficient (Wildman–Crippen LogP) is 3.69. The molecule has 32 heavy (non-hydrogen) atoms. The fourth-order valence-corrected chi connectivity index (χ4v) is 3.49. The molecule has 0 amide bonds. The van der Waals surface area contributed by atoms with Gasteiger partial charge in [-0.1, -0.05) is 52.4 Å². The van der Waals surface area contributed by atoms with Gasteiger partial charge in [0.1, 0.15) is 18.3 Å². The highest BCUT2D eigenvalue weighted by Gasteiger charge is 2.23. The maximum absolute atomic E-state index is 12.0. The zero-order valence-corrected chi connectivity index (χ0v) is 20.3. The first kappa shape index (κ1) is 30.3. The van der Waals surface area contributed by atoms with E-state index in [0.29, 0.717) is 12.8 Å². The summed E-state index contributed by atoms with van der Waals surface area (Å²) in [7, 11) is 0. The van der Waals surface area contributed by atoms with Crippen molar-refractivity contribution in [3.63, 3.8) is 0 Å². The summed E-state index contributed by atoms with van der Waals surface area (Å²) >= 11 is 0. The average molecular weight is 461 g/mol. The average Bonchev–Trinajstić information content (AvgIpc) is 2.70. The van der Waals surface area contributed by atoms with E-state index in [1.807, 2.05) is 0 Å². The van der Waals surface area contributed by atoms with Crippen LogP contribution in [0.1, 0.15) is 98.3 Å². The molecule has 0 rings (SSSR count). The smallest absolute Gasteiger partial charge is 0.309 e. The van der Waals surface area contributed by atoms with Crippen molar-refractivity contribution in [2.75, 3.05) is 13.2 Å². The number of hydrogen-bond donors (Lipinski definition) is 2. The van der Waals surface area contributed by atoms with Crippen LogP contribution < -0.4 is 0 Å². The van der Waals surface area contributed by atoms with Crippen molar-refractivity contribution in [3.8, 4) is 0 Å². The maximum atomic E-state index is 12.0. The summed E-state index contributed by atoms with van der Waals surface area (Å²) in [5, 5.41) is 18.1. The number of carbonyl (C=O) groups excluding carboxylic acids is 3. The fourth-order valence-electron chi connectivity index (χ4n) is 3.49. The van der Waals surface area contributed by atoms with E-state index in [1.165, 1.54) is 39.5 Å². The van der Waals surface area contributed by atoms with Gasteiger partial charge in [-0.2, -0.15) is 0 Å². The Hall–Kier alpha value is -1.67. The van der Waals surface area contributed by atoms with E-state index in [4.69, 9.17) is 24.4 Å². The Morgan fingerprint density at radius 2 is 1.09 bits per heavy atom. The van der Waals surface area contributed by atoms with Crippen LogP contribution in [0.5, 0.6) is 0 Å². The minimum atomic E-state index is -1.00. The highest BCUT2D eigenvalue weighted by Crippen LogP contribution is 2.19. The Morgan fingerprint density at radius 3 is 1.59 bits per heavy atom. The molecule has 0 aromatic rings. The van der Waals surface area contributed by atoms with Crippen LogP contribution in [0.15, 0.2) is 0 Å². The molecule has 8 nitrogen and oxygen atoms in total. The van der Waals surface area contributed by atoms with Crippen LogP contribution in [0, 0.1) is 5.92 Å². The van der Waals surface area contributed by atoms with Crippen molar-refractivity contribution in [2.45, 2.75) is 117 Å². The minimum Gasteiger partial charge on any atom is -0.463 e. The molecule has 0 saturated heterocycles. The van der Waals surface area contributed by atoms with Crippen LogP contribution >= 0.6 is 0 Å². The predicted molar refractivity (Wildman–Crippen MR) is 121 cm³/mol. The number of ether oxygens (including phenoxy) is 3. The van der Waals surface area contributed by atoms with Crippen LogP contribution in [0.4, 0.5) is 0 Å². The molecule has 0 heterocycles. The number of aliphatic hydroxyl groups is 2. The third-order valence-electron chi connectivity index (χ3n) is 5.13. The van der Waals surface area contributed by atoms with Gasteiger partial charge in [0, 0.05) is 13.8 Å². The molecule has 0 unspecified atom stereocenters. The Balaban J connectivity index is 4.48. The topological polar surface area (TPSA) is 119 Å². The first-order valence-corrected chi connectivity index (χ1v) is 11.9. The monoisotopic (exact) mass is 460 g/mol. The van der Waals surface area contributed by atoms with E-state index in [2.05, 4.69) is 13.8 Å². The molecule has 0 aliphatic rings. The molecule has 0 saturated carbocycles. The lowest BCUT2D eigenvalue weighted by Crippen LogP contribution is -2.29. The second-order valence-corrected chi connectivity index (χ2v) is 8.81. The minimum absolute atomic E-state index is 0.195. The summed E-state index contributed by atoms with van der Waals surface area (Å²) < 4.78 is 15.6. The lowest BCUT2D eigenvalue weighted by molar-refractivity contribution is -0.161. The van der Waals surface area contributed by atoms with E-state index in [0.717, 1.165) is 31.6 Å². The van der Waals surface area contributed by atoms with E-state index < -0.39 is 37.4 Å². The molecule has 0 aliphatic carbocycles. The Labute approximate surface area is 193 Å². The summed E-state index contributed by atoms with van der Waals surface area (Å²) in [4.78, 5) is 34.9. The summed E-state index contributed by atoms with van der Waals surface area (Å²) in [5.41, 5.74) is 0. The molecule has 8 heteroatoms. The molecule has 0 aromatic carbocycles. The lowest BCUT2D eigenvalue weighted by atomic mass is 10.0. The number of unbranched alkanes of at least 4 members (excludes halogenated alkanes) is 5. The molecule has 188 valence electrons. The summed E-state index contributed by atoms with van der Waals surface area (Å²) in [6, 6.07) is 0. The van der Waals surface area contributed by atoms with Gasteiger partial charge in [0.2, 0.25) is 0 Å². The maximum Gasteiger partial charge on any atom is 0.309 e. The van der Waals surface area contributed by atoms with Crippen LogP contribution in [0.3, 0.4) is 0 Å². The zero-order chi connectivity index (χ0) is 24.4. The summed E-state index contributed by atoms with van der Waals surface area (Å²) in [6.07, 6.45) is 7.47. The molecule has 2 atom stereocenters. The van der Waals surface area contributed by atoms with Gasteiger partial charge >= 0.3 is 17.9 Å². The SMILES string of the molecule is CC(=O)O[C@@H](CCCCCCCCC(C)C)CC[C@H](CC(=O)OC(CO)CO)OC(C)=O. The Morgan fingerprint density at radius 1 is 0.625 bits per heavy atom. The largest absolute Gasteiger partial charge is 0.463 e. The first-order valence-electron chi connectivity index (χ1n) is 11.9. The number of aliphatic hydroxyl groups excluding tert-OH is 2. The van der Waals surface area contributed by atoms with Gasteiger partial charge in [-0.15, -0.1) is 0 Å². The normalized spacial score (nSPS) is 13.1. The zero-order valence-electron chi connectivity index (χ0n) is 20.3. The van der Waals surface area contributed by atoms with E-state index >= 15 is 0 Å². The number of hydrogen-bond acceptors (Lipinski definition) is 8. The molecular formula is C24H44O8. The van der Waals surface area contributed by atoms with Crippen LogP contribution in [-0.4, -0.2) is 59.6 Å². The van der Waals surface area contributed by atoms with Gasteiger partial charge in [0.05, 0.1) is 19.6 Å². The van der Waals surface area contributed by atoms with Gasteiger partial charge in [-0.05, 0) is 31.6 Å². The van der Waals surface area contributed by atoms with Crippen LogP contribution in [0.25, 0.3) is 0 Å². The highest BCUT2D eigenvalue weighted by atomic mass is 16.6. The molecule has 0 spiro atoms. The molecule has 0 radical (unpaired) electrons. The molecule has 0 aliphatic heterocycles. The number of carbonyl (C=O) groups is 3. The van der Waals surface area contributed by atoms with Gasteiger partial charge < -0.3 is 24.4 Å². The highest BCUT2D eigenvalue weighted by molar-refractivity contribution is 5.71. The van der Waals surface area contributed by atoms with E-state index in [9.17, 15) is 14.4 Å². The summed E-state index contributed by atoms with van der Waals surface area (Å²) in [6.45, 7) is 6.12. The van der Waals surface area contributed by atoms with Crippen LogP contribution in [-0.2, 0) is 28.6 Å². The van der Waals surface area contributed by atoms with Crippen molar-refractivity contribution >= 4 is 17.9 Å². The lowest BCUT2D eigenvalue weighted by Gasteiger charge is -2.22. The van der Waals surface area contributed by atoms with Crippen molar-refractivity contribution in [1.29, 1.82) is 0 Å². The van der Waals surface area contributed by atoms with E-state index in [-0.39, 0.29) is 18.5 Å².